The molecule has 3 nitrogen and oxygen atoms in total. The van der Waals surface area contributed by atoms with E-state index in [0.717, 1.165) is 24.1 Å². The van der Waals surface area contributed by atoms with Gasteiger partial charge in [0.15, 0.2) is 0 Å². The van der Waals surface area contributed by atoms with E-state index in [0.29, 0.717) is 11.3 Å². The van der Waals surface area contributed by atoms with Gasteiger partial charge in [-0.25, -0.2) is 0 Å². The SMILES string of the molecule is CCC(C)(COC)CC1CC(c2onc(C)c2C2CC2)C1. The molecule has 0 aromatic carbocycles. The van der Waals surface area contributed by atoms with Crippen LogP contribution in [0.15, 0.2) is 4.52 Å². The van der Waals surface area contributed by atoms with Crippen molar-refractivity contribution < 1.29 is 9.26 Å². The van der Waals surface area contributed by atoms with Crippen LogP contribution in [0.25, 0.3) is 0 Å². The van der Waals surface area contributed by atoms with Gasteiger partial charge in [-0.2, -0.15) is 0 Å². The molecule has 3 heteroatoms. The molecule has 1 aromatic heterocycles. The average molecular weight is 291 g/mol. The summed E-state index contributed by atoms with van der Waals surface area (Å²) >= 11 is 0. The second-order valence-corrected chi connectivity index (χ2v) is 7.66. The molecule has 0 spiro atoms. The van der Waals surface area contributed by atoms with Gasteiger partial charge < -0.3 is 9.26 Å². The molecule has 2 saturated carbocycles. The number of hydrogen-bond donors (Lipinski definition) is 0. The van der Waals surface area contributed by atoms with Gasteiger partial charge in [0.05, 0.1) is 12.3 Å². The molecule has 2 aliphatic carbocycles. The Morgan fingerprint density at radius 3 is 2.57 bits per heavy atom. The summed E-state index contributed by atoms with van der Waals surface area (Å²) in [5.41, 5.74) is 2.92. The quantitative estimate of drug-likeness (QED) is 0.723. The maximum absolute atomic E-state index is 5.68. The molecular weight excluding hydrogens is 262 g/mol. The Kier molecular flexibility index (Phi) is 4.13. The van der Waals surface area contributed by atoms with Gasteiger partial charge in [0.2, 0.25) is 0 Å². The first-order valence-electron chi connectivity index (χ1n) is 8.51. The summed E-state index contributed by atoms with van der Waals surface area (Å²) in [6.07, 6.45) is 7.66. The monoisotopic (exact) mass is 291 g/mol. The predicted molar refractivity (Wildman–Crippen MR) is 83.6 cm³/mol. The molecule has 1 atom stereocenters. The number of ether oxygens (including phenoxy) is 1. The van der Waals surface area contributed by atoms with Gasteiger partial charge in [0.1, 0.15) is 5.76 Å². The summed E-state index contributed by atoms with van der Waals surface area (Å²) in [4.78, 5) is 0. The molecule has 0 saturated heterocycles. The second kappa shape index (κ2) is 5.75. The zero-order chi connectivity index (χ0) is 15.0. The van der Waals surface area contributed by atoms with Crippen molar-refractivity contribution in [3.63, 3.8) is 0 Å². The van der Waals surface area contributed by atoms with Gasteiger partial charge in [-0.15, -0.1) is 0 Å². The van der Waals surface area contributed by atoms with Crippen LogP contribution in [0, 0.1) is 18.3 Å². The molecule has 2 aliphatic rings. The minimum Gasteiger partial charge on any atom is -0.384 e. The third-order valence-electron chi connectivity index (χ3n) is 5.66. The van der Waals surface area contributed by atoms with Crippen LogP contribution in [0.5, 0.6) is 0 Å². The van der Waals surface area contributed by atoms with Crippen molar-refractivity contribution in [1.29, 1.82) is 0 Å². The first kappa shape index (κ1) is 15.1. The lowest BCUT2D eigenvalue weighted by atomic mass is 9.65. The Morgan fingerprint density at radius 2 is 2.00 bits per heavy atom. The standard InChI is InChI=1S/C18H29NO2/c1-5-18(3,11-20-4)10-13-8-15(9-13)17-16(14-6-7-14)12(2)19-21-17/h13-15H,5-11H2,1-4H3. The van der Waals surface area contributed by atoms with Crippen LogP contribution in [0.2, 0.25) is 0 Å². The van der Waals surface area contributed by atoms with Crippen LogP contribution < -0.4 is 0 Å². The molecule has 3 rings (SSSR count). The summed E-state index contributed by atoms with van der Waals surface area (Å²) in [7, 11) is 1.82. The smallest absolute Gasteiger partial charge is 0.143 e. The van der Waals surface area contributed by atoms with Crippen LogP contribution >= 0.6 is 0 Å². The molecule has 0 amide bonds. The van der Waals surface area contributed by atoms with Gasteiger partial charge in [-0.3, -0.25) is 0 Å². The van der Waals surface area contributed by atoms with Crippen LogP contribution in [-0.2, 0) is 4.74 Å². The fourth-order valence-corrected chi connectivity index (χ4v) is 4.02. The van der Waals surface area contributed by atoms with Crippen LogP contribution in [0.1, 0.15) is 81.2 Å². The average Bonchev–Trinajstić information content (AvgIpc) is 3.18. The number of hydrogen-bond acceptors (Lipinski definition) is 3. The zero-order valence-electron chi connectivity index (χ0n) is 13.9. The Morgan fingerprint density at radius 1 is 1.29 bits per heavy atom. The highest BCUT2D eigenvalue weighted by atomic mass is 16.5. The Balaban J connectivity index is 1.58. The fraction of sp³-hybridized carbons (Fsp3) is 0.833. The normalized spacial score (nSPS) is 28.2. The van der Waals surface area contributed by atoms with E-state index in [-0.39, 0.29) is 0 Å². The lowest BCUT2D eigenvalue weighted by Crippen LogP contribution is -2.31. The van der Waals surface area contributed by atoms with Crippen molar-refractivity contribution in [3.8, 4) is 0 Å². The van der Waals surface area contributed by atoms with Gasteiger partial charge in [-0.05, 0) is 62.7 Å². The minimum absolute atomic E-state index is 0.334. The lowest BCUT2D eigenvalue weighted by Gasteiger charge is -2.40. The molecule has 21 heavy (non-hydrogen) atoms. The van der Waals surface area contributed by atoms with E-state index in [1.807, 2.05) is 7.11 Å². The number of rotatable bonds is 7. The first-order chi connectivity index (χ1) is 10.1. The number of aryl methyl sites for hydroxylation is 1. The van der Waals surface area contributed by atoms with Crippen LogP contribution in [0.4, 0.5) is 0 Å². The van der Waals surface area contributed by atoms with Crippen molar-refractivity contribution in [1.82, 2.24) is 5.16 Å². The van der Waals surface area contributed by atoms with E-state index in [1.54, 1.807) is 0 Å². The van der Waals surface area contributed by atoms with Crippen LogP contribution in [0.3, 0.4) is 0 Å². The summed E-state index contributed by atoms with van der Waals surface area (Å²) < 4.78 is 11.1. The predicted octanol–water partition coefficient (Wildman–Crippen LogP) is 4.81. The van der Waals surface area contributed by atoms with Gasteiger partial charge >= 0.3 is 0 Å². The second-order valence-electron chi connectivity index (χ2n) is 7.66. The van der Waals surface area contributed by atoms with E-state index in [1.165, 1.54) is 49.8 Å². The zero-order valence-corrected chi connectivity index (χ0v) is 13.9. The largest absolute Gasteiger partial charge is 0.384 e. The summed E-state index contributed by atoms with van der Waals surface area (Å²) in [5, 5.41) is 4.23. The lowest BCUT2D eigenvalue weighted by molar-refractivity contribution is 0.0484. The highest BCUT2D eigenvalue weighted by Gasteiger charge is 2.41. The van der Waals surface area contributed by atoms with Crippen molar-refractivity contribution in [2.75, 3.05) is 13.7 Å². The molecule has 118 valence electrons. The topological polar surface area (TPSA) is 35.3 Å². The number of aromatic nitrogens is 1. The minimum atomic E-state index is 0.334. The summed E-state index contributed by atoms with van der Waals surface area (Å²) in [6, 6.07) is 0. The van der Waals surface area contributed by atoms with Crippen molar-refractivity contribution in [2.45, 2.75) is 71.1 Å². The molecule has 1 unspecified atom stereocenters. The molecule has 1 aromatic rings. The van der Waals surface area contributed by atoms with Crippen molar-refractivity contribution in [3.05, 3.63) is 17.0 Å². The molecule has 0 radical (unpaired) electrons. The van der Waals surface area contributed by atoms with Gasteiger partial charge in [0.25, 0.3) is 0 Å². The highest BCUT2D eigenvalue weighted by molar-refractivity contribution is 5.33. The molecule has 0 bridgehead atoms. The Labute approximate surface area is 128 Å². The van der Waals surface area contributed by atoms with E-state index in [2.05, 4.69) is 25.9 Å². The maximum Gasteiger partial charge on any atom is 0.143 e. The third-order valence-corrected chi connectivity index (χ3v) is 5.66. The molecule has 2 fully saturated rings. The molecule has 1 heterocycles. The molecule has 0 N–H and O–H groups in total. The number of nitrogens with zero attached hydrogens (tertiary/aromatic N) is 1. The van der Waals surface area contributed by atoms with Crippen LogP contribution in [-0.4, -0.2) is 18.9 Å². The number of methoxy groups -OCH3 is 1. The van der Waals surface area contributed by atoms with Gasteiger partial charge in [-0.1, -0.05) is 19.0 Å². The van der Waals surface area contributed by atoms with E-state index in [4.69, 9.17) is 9.26 Å². The Hall–Kier alpha value is -0.830. The summed E-state index contributed by atoms with van der Waals surface area (Å²) in [6.45, 7) is 7.61. The summed E-state index contributed by atoms with van der Waals surface area (Å²) in [5.74, 6) is 3.42. The molecule has 0 aliphatic heterocycles. The van der Waals surface area contributed by atoms with Crippen molar-refractivity contribution >= 4 is 0 Å². The highest BCUT2D eigenvalue weighted by Crippen LogP contribution is 2.52. The van der Waals surface area contributed by atoms with E-state index < -0.39 is 0 Å². The third kappa shape index (κ3) is 3.03. The first-order valence-corrected chi connectivity index (χ1v) is 8.51. The maximum atomic E-state index is 5.68. The fourth-order valence-electron chi connectivity index (χ4n) is 4.02. The Bertz CT molecular complexity index is 485. The van der Waals surface area contributed by atoms with Gasteiger partial charge in [0, 0.05) is 18.6 Å². The van der Waals surface area contributed by atoms with E-state index in [9.17, 15) is 0 Å². The van der Waals surface area contributed by atoms with Crippen molar-refractivity contribution in [2.24, 2.45) is 11.3 Å². The molecular formula is C18H29NO2. The van der Waals surface area contributed by atoms with E-state index >= 15 is 0 Å².